The normalized spacial score (nSPS) is 14.5. The first-order valence-corrected chi connectivity index (χ1v) is 9.80. The van der Waals surface area contributed by atoms with Crippen LogP contribution in [0, 0.1) is 11.7 Å². The lowest BCUT2D eigenvalue weighted by molar-refractivity contribution is -0.141. The number of esters is 1. The number of hydrogen-bond acceptors (Lipinski definition) is 7. The molecule has 154 valence electrons. The number of benzene rings is 1. The molecule has 1 amide bonds. The van der Waals surface area contributed by atoms with Gasteiger partial charge in [0.25, 0.3) is 0 Å². The van der Waals surface area contributed by atoms with Crippen molar-refractivity contribution in [1.82, 2.24) is 10.3 Å². The highest BCUT2D eigenvalue weighted by Gasteiger charge is 2.29. The number of halogens is 1. The number of methoxy groups -OCH3 is 1. The number of rotatable bonds is 6. The number of amides is 1. The first kappa shape index (κ1) is 20.7. The quantitative estimate of drug-likeness (QED) is 0.688. The zero-order valence-corrected chi connectivity index (χ0v) is 16.5. The van der Waals surface area contributed by atoms with Crippen LogP contribution in [0.3, 0.4) is 0 Å². The molecule has 0 atom stereocenters. The van der Waals surface area contributed by atoms with Crippen molar-refractivity contribution in [2.45, 2.75) is 12.8 Å². The van der Waals surface area contributed by atoms with E-state index in [1.54, 1.807) is 6.07 Å². The van der Waals surface area contributed by atoms with Crippen LogP contribution in [-0.2, 0) is 14.3 Å². The average Bonchev–Trinajstić information content (AvgIpc) is 3.17. The molecule has 1 aromatic carbocycles. The first-order chi connectivity index (χ1) is 13.9. The minimum Gasteiger partial charge on any atom is -0.477 e. The molecule has 1 aromatic heterocycles. The number of carbonyl (C=O) groups is 3. The number of carboxylic acids is 1. The molecule has 0 unspecified atom stereocenters. The van der Waals surface area contributed by atoms with Gasteiger partial charge in [0.05, 0.1) is 7.11 Å². The molecule has 0 aliphatic carbocycles. The van der Waals surface area contributed by atoms with Crippen LogP contribution in [0.2, 0.25) is 0 Å². The monoisotopic (exact) mass is 421 g/mol. The van der Waals surface area contributed by atoms with Crippen molar-refractivity contribution in [2.24, 2.45) is 5.92 Å². The molecule has 0 bridgehead atoms. The van der Waals surface area contributed by atoms with Crippen LogP contribution >= 0.6 is 11.3 Å². The summed E-state index contributed by atoms with van der Waals surface area (Å²) in [7, 11) is 1.25. The lowest BCUT2D eigenvalue weighted by Crippen LogP contribution is -2.42. The van der Waals surface area contributed by atoms with Crippen molar-refractivity contribution < 1.29 is 28.6 Å². The van der Waals surface area contributed by atoms with Gasteiger partial charge >= 0.3 is 11.9 Å². The van der Waals surface area contributed by atoms with Crippen LogP contribution in [0.5, 0.6) is 0 Å². The Balaban J connectivity index is 1.71. The van der Waals surface area contributed by atoms with Gasteiger partial charge in [0.2, 0.25) is 5.91 Å². The molecular weight excluding hydrogens is 401 g/mol. The van der Waals surface area contributed by atoms with Gasteiger partial charge in [-0.2, -0.15) is 0 Å². The molecule has 1 aliphatic heterocycles. The lowest BCUT2D eigenvalue weighted by Gasteiger charge is -2.30. The number of piperidine rings is 1. The van der Waals surface area contributed by atoms with Crippen molar-refractivity contribution >= 4 is 34.3 Å². The van der Waals surface area contributed by atoms with E-state index >= 15 is 0 Å². The number of hydrogen-bond donors (Lipinski definition) is 2. The van der Waals surface area contributed by atoms with Crippen molar-refractivity contribution in [2.75, 3.05) is 31.6 Å². The Morgan fingerprint density at radius 3 is 2.62 bits per heavy atom. The van der Waals surface area contributed by atoms with Crippen molar-refractivity contribution in [1.29, 1.82) is 0 Å². The summed E-state index contributed by atoms with van der Waals surface area (Å²) in [6.07, 6.45) is 1.06. The van der Waals surface area contributed by atoms with E-state index in [1.165, 1.54) is 25.3 Å². The molecule has 1 saturated heterocycles. The van der Waals surface area contributed by atoms with E-state index in [0.29, 0.717) is 31.1 Å². The van der Waals surface area contributed by atoms with E-state index < -0.39 is 17.8 Å². The summed E-state index contributed by atoms with van der Waals surface area (Å²) in [5.41, 5.74) is 0.248. The van der Waals surface area contributed by atoms with Crippen LogP contribution in [0.1, 0.15) is 22.5 Å². The molecule has 2 heterocycles. The number of ether oxygens (including phenoxy) is 1. The van der Waals surface area contributed by atoms with E-state index in [1.807, 2.05) is 4.90 Å². The Kier molecular flexibility index (Phi) is 6.42. The summed E-state index contributed by atoms with van der Waals surface area (Å²) >= 11 is 0.991. The third-order valence-corrected chi connectivity index (χ3v) is 5.81. The molecule has 1 fully saturated rings. The first-order valence-electron chi connectivity index (χ1n) is 8.99. The SMILES string of the molecule is COC(=O)CNC(=O)C1CCN(c2nc(-c3ccccc3F)c(C(=O)O)s2)CC1. The van der Waals surface area contributed by atoms with Crippen LogP contribution in [0.4, 0.5) is 9.52 Å². The topological polar surface area (TPSA) is 109 Å². The fourth-order valence-electron chi connectivity index (χ4n) is 3.13. The van der Waals surface area contributed by atoms with Gasteiger partial charge < -0.3 is 20.1 Å². The van der Waals surface area contributed by atoms with Crippen LogP contribution in [-0.4, -0.2) is 54.7 Å². The standard InChI is InChI=1S/C19H20FN3O5S/c1-28-14(24)10-21-17(25)11-6-8-23(9-7-11)19-22-15(16(29-19)18(26)27)12-4-2-3-5-13(12)20/h2-5,11H,6-10H2,1H3,(H,21,25)(H,26,27). The molecule has 2 N–H and O–H groups in total. The third-order valence-electron chi connectivity index (χ3n) is 4.71. The minimum absolute atomic E-state index is 0.0250. The summed E-state index contributed by atoms with van der Waals surface area (Å²) in [6.45, 7) is 0.829. The molecule has 0 spiro atoms. The Bertz CT molecular complexity index is 924. The van der Waals surface area contributed by atoms with E-state index in [-0.39, 0.29) is 34.5 Å². The second kappa shape index (κ2) is 8.99. The minimum atomic E-state index is -1.16. The molecule has 8 nitrogen and oxygen atoms in total. The molecule has 1 aliphatic rings. The maximum absolute atomic E-state index is 14.1. The number of anilines is 1. The molecule has 0 radical (unpaired) electrons. The second-order valence-electron chi connectivity index (χ2n) is 6.51. The molecule has 0 saturated carbocycles. The molecule has 3 rings (SSSR count). The lowest BCUT2D eigenvalue weighted by atomic mass is 9.96. The number of carbonyl (C=O) groups excluding carboxylic acids is 2. The van der Waals surface area contributed by atoms with E-state index in [0.717, 1.165) is 11.3 Å². The average molecular weight is 421 g/mol. The summed E-state index contributed by atoms with van der Waals surface area (Å²) in [5, 5.41) is 12.5. The highest BCUT2D eigenvalue weighted by atomic mass is 32.1. The van der Waals surface area contributed by atoms with Gasteiger partial charge in [0.1, 0.15) is 22.9 Å². The third kappa shape index (κ3) is 4.70. The van der Waals surface area contributed by atoms with E-state index in [9.17, 15) is 23.9 Å². The summed E-state index contributed by atoms with van der Waals surface area (Å²) in [6, 6.07) is 5.92. The highest BCUT2D eigenvalue weighted by molar-refractivity contribution is 7.17. The smallest absolute Gasteiger partial charge is 0.348 e. The van der Waals surface area contributed by atoms with Gasteiger partial charge in [0, 0.05) is 24.6 Å². The number of aromatic carboxylic acids is 1. The van der Waals surface area contributed by atoms with Gasteiger partial charge in [-0.25, -0.2) is 14.2 Å². The fourth-order valence-corrected chi connectivity index (χ4v) is 4.10. The van der Waals surface area contributed by atoms with Gasteiger partial charge in [-0.3, -0.25) is 9.59 Å². The Hall–Kier alpha value is -3.01. The van der Waals surface area contributed by atoms with E-state index in [4.69, 9.17) is 0 Å². The Morgan fingerprint density at radius 1 is 1.31 bits per heavy atom. The second-order valence-corrected chi connectivity index (χ2v) is 7.49. The molecule has 2 aromatic rings. The van der Waals surface area contributed by atoms with Gasteiger partial charge in [0.15, 0.2) is 5.13 Å². The zero-order chi connectivity index (χ0) is 21.0. The van der Waals surface area contributed by atoms with E-state index in [2.05, 4.69) is 15.0 Å². The van der Waals surface area contributed by atoms with Crippen molar-refractivity contribution in [3.8, 4) is 11.3 Å². The van der Waals surface area contributed by atoms with Gasteiger partial charge in [-0.15, -0.1) is 0 Å². The number of nitrogens with zero attached hydrogens (tertiary/aromatic N) is 2. The largest absolute Gasteiger partial charge is 0.477 e. The van der Waals surface area contributed by atoms with Crippen LogP contribution < -0.4 is 10.2 Å². The number of carboxylic acid groups (broad SMARTS) is 1. The highest BCUT2D eigenvalue weighted by Crippen LogP contribution is 2.35. The zero-order valence-electron chi connectivity index (χ0n) is 15.7. The Labute approximate surface area is 170 Å². The van der Waals surface area contributed by atoms with Crippen molar-refractivity contribution in [3.63, 3.8) is 0 Å². The molecule has 29 heavy (non-hydrogen) atoms. The summed E-state index contributed by atoms with van der Waals surface area (Å²) in [4.78, 5) is 41.2. The maximum Gasteiger partial charge on any atom is 0.348 e. The predicted molar refractivity (Wildman–Crippen MR) is 104 cm³/mol. The number of nitrogens with one attached hydrogen (secondary N) is 1. The summed E-state index contributed by atoms with van der Waals surface area (Å²) in [5.74, 6) is -2.68. The van der Waals surface area contributed by atoms with Gasteiger partial charge in [-0.05, 0) is 25.0 Å². The van der Waals surface area contributed by atoms with Crippen molar-refractivity contribution in [3.05, 3.63) is 35.0 Å². The Morgan fingerprint density at radius 2 is 2.00 bits per heavy atom. The molecule has 10 heteroatoms. The van der Waals surface area contributed by atoms with Crippen LogP contribution in [0.15, 0.2) is 24.3 Å². The van der Waals surface area contributed by atoms with Crippen LogP contribution in [0.25, 0.3) is 11.3 Å². The number of thiazole rings is 1. The van der Waals surface area contributed by atoms with Gasteiger partial charge in [-0.1, -0.05) is 23.5 Å². The number of aromatic nitrogens is 1. The molecular formula is C19H20FN3O5S. The maximum atomic E-state index is 14.1. The summed E-state index contributed by atoms with van der Waals surface area (Å²) < 4.78 is 18.6. The predicted octanol–water partition coefficient (Wildman–Crippen LogP) is 2.15. The fraction of sp³-hybridized carbons (Fsp3) is 0.368.